The van der Waals surface area contributed by atoms with Gasteiger partial charge in [0.15, 0.2) is 17.8 Å². The lowest BCUT2D eigenvalue weighted by Crippen LogP contribution is -2.25. The van der Waals surface area contributed by atoms with Crippen molar-refractivity contribution < 1.29 is 24.1 Å². The highest BCUT2D eigenvalue weighted by Crippen LogP contribution is 2.32. The van der Waals surface area contributed by atoms with E-state index in [4.69, 9.17) is 18.9 Å². The van der Waals surface area contributed by atoms with Crippen molar-refractivity contribution in [3.05, 3.63) is 23.8 Å². The fraction of sp³-hybridized carbons (Fsp3) is 0.625. The van der Waals surface area contributed by atoms with E-state index in [2.05, 4.69) is 0 Å². The van der Waals surface area contributed by atoms with Gasteiger partial charge in [0.2, 0.25) is 0 Å². The molecule has 1 aromatic rings. The van der Waals surface area contributed by atoms with Crippen molar-refractivity contribution in [2.75, 3.05) is 26.4 Å². The van der Waals surface area contributed by atoms with Gasteiger partial charge >= 0.3 is 0 Å². The van der Waals surface area contributed by atoms with Crippen LogP contribution in [-0.4, -0.2) is 37.8 Å². The monoisotopic (exact) mass is 298 g/mol. The topological polar surface area (TPSA) is 57.2 Å². The van der Waals surface area contributed by atoms with Crippen LogP contribution >= 0.6 is 0 Å². The summed E-state index contributed by atoms with van der Waals surface area (Å²) in [6, 6.07) is 5.36. The Hall–Kier alpha value is -1.30. The molecule has 5 heteroatoms. The molecule has 0 spiro atoms. The summed E-state index contributed by atoms with van der Waals surface area (Å²) in [6.45, 7) is 9.57. The molecular weight excluding hydrogens is 272 g/mol. The first-order chi connectivity index (χ1) is 10.2. The van der Waals surface area contributed by atoms with E-state index in [1.54, 1.807) is 18.2 Å². The summed E-state index contributed by atoms with van der Waals surface area (Å²) in [5, 5.41) is 10.4. The summed E-state index contributed by atoms with van der Waals surface area (Å²) >= 11 is 0. The van der Waals surface area contributed by atoms with E-state index in [1.165, 1.54) is 0 Å². The van der Waals surface area contributed by atoms with Gasteiger partial charge < -0.3 is 24.1 Å². The van der Waals surface area contributed by atoms with Crippen LogP contribution in [0, 0.1) is 0 Å². The van der Waals surface area contributed by atoms with Gasteiger partial charge in [0, 0.05) is 13.2 Å². The van der Waals surface area contributed by atoms with Gasteiger partial charge in [-0.05, 0) is 45.4 Å². The van der Waals surface area contributed by atoms with E-state index in [9.17, 15) is 5.11 Å². The number of aliphatic hydroxyl groups is 1. The zero-order valence-corrected chi connectivity index (χ0v) is 13.3. The molecule has 1 aromatic carbocycles. The van der Waals surface area contributed by atoms with Crippen molar-refractivity contribution >= 4 is 0 Å². The molecule has 0 heterocycles. The quantitative estimate of drug-likeness (QED) is 0.673. The van der Waals surface area contributed by atoms with Crippen LogP contribution in [0.25, 0.3) is 0 Å². The zero-order chi connectivity index (χ0) is 15.7. The smallest absolute Gasteiger partial charge is 0.187 e. The van der Waals surface area contributed by atoms with Crippen LogP contribution in [0.3, 0.4) is 0 Å². The summed E-state index contributed by atoms with van der Waals surface area (Å²) in [7, 11) is 0. The molecule has 0 amide bonds. The number of benzene rings is 1. The molecule has 0 aliphatic rings. The Bertz CT molecular complexity index is 402. The number of aliphatic hydroxyl groups excluding tert-OH is 1. The molecule has 0 bridgehead atoms. The molecule has 0 saturated heterocycles. The molecule has 5 nitrogen and oxygen atoms in total. The van der Waals surface area contributed by atoms with Crippen LogP contribution in [0.2, 0.25) is 0 Å². The first-order valence-corrected chi connectivity index (χ1v) is 7.48. The number of hydrogen-bond acceptors (Lipinski definition) is 5. The van der Waals surface area contributed by atoms with Crippen molar-refractivity contribution in [1.29, 1.82) is 0 Å². The third kappa shape index (κ3) is 5.19. The van der Waals surface area contributed by atoms with Gasteiger partial charge in [0.25, 0.3) is 0 Å². The molecule has 1 N–H and O–H groups in total. The van der Waals surface area contributed by atoms with Crippen LogP contribution in [0.4, 0.5) is 0 Å². The molecule has 1 atom stereocenters. The molecule has 1 unspecified atom stereocenters. The standard InChI is InChI=1S/C16H26O5/c1-5-18-13-10-9-12(11-14(13)19-6-2)15(17)16(20-7-3)21-8-4/h9-11,15-17H,5-8H2,1-4H3. The van der Waals surface area contributed by atoms with Gasteiger partial charge in [0.1, 0.15) is 6.10 Å². The van der Waals surface area contributed by atoms with E-state index < -0.39 is 12.4 Å². The second kappa shape index (κ2) is 9.60. The highest BCUT2D eigenvalue weighted by molar-refractivity contribution is 5.43. The molecule has 21 heavy (non-hydrogen) atoms. The van der Waals surface area contributed by atoms with Gasteiger partial charge in [-0.25, -0.2) is 0 Å². The zero-order valence-electron chi connectivity index (χ0n) is 13.3. The molecule has 0 saturated carbocycles. The summed E-state index contributed by atoms with van der Waals surface area (Å²) in [5.74, 6) is 1.28. The normalized spacial score (nSPS) is 12.5. The van der Waals surface area contributed by atoms with Gasteiger partial charge in [-0.1, -0.05) is 6.07 Å². The van der Waals surface area contributed by atoms with Crippen molar-refractivity contribution in [1.82, 2.24) is 0 Å². The Morgan fingerprint density at radius 2 is 1.43 bits per heavy atom. The van der Waals surface area contributed by atoms with Crippen molar-refractivity contribution in [3.63, 3.8) is 0 Å². The summed E-state index contributed by atoms with van der Waals surface area (Å²) < 4.78 is 21.9. The van der Waals surface area contributed by atoms with Crippen LogP contribution in [0.5, 0.6) is 11.5 Å². The molecule has 0 aliphatic carbocycles. The van der Waals surface area contributed by atoms with Crippen LogP contribution in [-0.2, 0) is 9.47 Å². The van der Waals surface area contributed by atoms with E-state index >= 15 is 0 Å². The number of rotatable bonds is 10. The highest BCUT2D eigenvalue weighted by Gasteiger charge is 2.23. The first kappa shape index (κ1) is 17.8. The molecule has 1 rings (SSSR count). The third-order valence-corrected chi connectivity index (χ3v) is 2.83. The lowest BCUT2D eigenvalue weighted by atomic mass is 10.1. The summed E-state index contributed by atoms with van der Waals surface area (Å²) in [6.07, 6.45) is -1.56. The Balaban J connectivity index is 2.96. The largest absolute Gasteiger partial charge is 0.490 e. The Morgan fingerprint density at radius 1 is 0.857 bits per heavy atom. The van der Waals surface area contributed by atoms with Crippen LogP contribution in [0.1, 0.15) is 39.4 Å². The Kier molecular flexibility index (Phi) is 8.12. The molecule has 0 radical (unpaired) electrons. The van der Waals surface area contributed by atoms with Gasteiger partial charge in [-0.15, -0.1) is 0 Å². The van der Waals surface area contributed by atoms with Crippen molar-refractivity contribution in [2.45, 2.75) is 40.1 Å². The van der Waals surface area contributed by atoms with Gasteiger partial charge in [-0.3, -0.25) is 0 Å². The molecule has 0 aliphatic heterocycles. The Labute approximate surface area is 126 Å². The van der Waals surface area contributed by atoms with Gasteiger partial charge in [0.05, 0.1) is 13.2 Å². The minimum absolute atomic E-state index is 0.469. The van der Waals surface area contributed by atoms with E-state index in [-0.39, 0.29) is 0 Å². The number of hydrogen-bond donors (Lipinski definition) is 1. The lowest BCUT2D eigenvalue weighted by Gasteiger charge is -2.23. The number of ether oxygens (including phenoxy) is 4. The first-order valence-electron chi connectivity index (χ1n) is 7.48. The van der Waals surface area contributed by atoms with Crippen LogP contribution < -0.4 is 9.47 Å². The maximum Gasteiger partial charge on any atom is 0.187 e. The average molecular weight is 298 g/mol. The molecule has 0 aromatic heterocycles. The van der Waals surface area contributed by atoms with Crippen molar-refractivity contribution in [3.8, 4) is 11.5 Å². The summed E-state index contributed by atoms with van der Waals surface area (Å²) in [4.78, 5) is 0. The van der Waals surface area contributed by atoms with Gasteiger partial charge in [-0.2, -0.15) is 0 Å². The van der Waals surface area contributed by atoms with Crippen LogP contribution in [0.15, 0.2) is 18.2 Å². The van der Waals surface area contributed by atoms with Crippen molar-refractivity contribution in [2.24, 2.45) is 0 Å². The average Bonchev–Trinajstić information content (AvgIpc) is 2.48. The SMILES string of the molecule is CCOc1ccc(C(O)C(OCC)OCC)cc1OCC. The fourth-order valence-corrected chi connectivity index (χ4v) is 1.97. The second-order valence-corrected chi connectivity index (χ2v) is 4.30. The van der Waals surface area contributed by atoms with E-state index in [0.717, 1.165) is 0 Å². The second-order valence-electron chi connectivity index (χ2n) is 4.30. The van der Waals surface area contributed by atoms with E-state index in [1.807, 2.05) is 27.7 Å². The maximum absolute atomic E-state index is 10.4. The minimum atomic E-state index is -0.875. The fourth-order valence-electron chi connectivity index (χ4n) is 1.97. The predicted octanol–water partition coefficient (Wildman–Crippen LogP) is 2.92. The molecule has 0 fully saturated rings. The minimum Gasteiger partial charge on any atom is -0.490 e. The van der Waals surface area contributed by atoms with E-state index in [0.29, 0.717) is 43.5 Å². The summed E-state index contributed by atoms with van der Waals surface area (Å²) in [5.41, 5.74) is 0.675. The predicted molar refractivity (Wildman–Crippen MR) is 80.8 cm³/mol. The maximum atomic E-state index is 10.4. The lowest BCUT2D eigenvalue weighted by molar-refractivity contribution is -0.191. The highest BCUT2D eigenvalue weighted by atomic mass is 16.7. The Morgan fingerprint density at radius 3 is 1.95 bits per heavy atom. The molecular formula is C16H26O5. The third-order valence-electron chi connectivity index (χ3n) is 2.83. The molecule has 120 valence electrons.